The van der Waals surface area contributed by atoms with Gasteiger partial charge in [-0.2, -0.15) is 0 Å². The van der Waals surface area contributed by atoms with Crippen LogP contribution < -0.4 is 10.2 Å². The summed E-state index contributed by atoms with van der Waals surface area (Å²) in [6, 6.07) is 5.91. The van der Waals surface area contributed by atoms with E-state index in [1.165, 1.54) is 0 Å². The number of carbonyl (C=O) groups is 1. The van der Waals surface area contributed by atoms with Crippen molar-refractivity contribution >= 4 is 17.8 Å². The van der Waals surface area contributed by atoms with Gasteiger partial charge in [-0.05, 0) is 30.7 Å². The monoisotopic (exact) mass is 178 g/mol. The minimum Gasteiger partial charge on any atom is -0.378 e. The first-order chi connectivity index (χ1) is 6.15. The Kier molecular flexibility index (Phi) is 2.90. The lowest BCUT2D eigenvalue weighted by Crippen LogP contribution is -2.09. The van der Waals surface area contributed by atoms with E-state index < -0.39 is 0 Å². The van der Waals surface area contributed by atoms with Crippen LogP contribution >= 0.6 is 0 Å². The van der Waals surface area contributed by atoms with Crippen molar-refractivity contribution in [2.45, 2.75) is 6.92 Å². The third kappa shape index (κ3) is 2.21. The molecular weight excluding hydrogens is 164 g/mol. The van der Waals surface area contributed by atoms with Crippen LogP contribution in [0.5, 0.6) is 0 Å². The number of amides is 1. The van der Waals surface area contributed by atoms with Gasteiger partial charge in [-0.3, -0.25) is 4.79 Å². The maximum absolute atomic E-state index is 10.2. The first kappa shape index (κ1) is 9.58. The average Bonchev–Trinajstić information content (AvgIpc) is 2.08. The molecule has 1 aromatic rings. The van der Waals surface area contributed by atoms with Crippen LogP contribution in [0.15, 0.2) is 18.2 Å². The molecule has 3 nitrogen and oxygen atoms in total. The van der Waals surface area contributed by atoms with Crippen molar-refractivity contribution in [2.75, 3.05) is 24.3 Å². The summed E-state index contributed by atoms with van der Waals surface area (Å²) in [7, 11) is 3.98. The molecule has 13 heavy (non-hydrogen) atoms. The molecule has 0 aliphatic carbocycles. The smallest absolute Gasteiger partial charge is 0.211 e. The molecule has 0 atom stereocenters. The lowest BCUT2D eigenvalue weighted by Gasteiger charge is -2.14. The summed E-state index contributed by atoms with van der Waals surface area (Å²) in [5.41, 5.74) is 3.06. The predicted molar refractivity (Wildman–Crippen MR) is 55.2 cm³/mol. The Bertz CT molecular complexity index is 308. The maximum Gasteiger partial charge on any atom is 0.211 e. The van der Waals surface area contributed by atoms with Crippen molar-refractivity contribution in [3.63, 3.8) is 0 Å². The molecule has 0 unspecified atom stereocenters. The molecule has 0 fully saturated rings. The minimum atomic E-state index is 0.692. The highest BCUT2D eigenvalue weighted by Gasteiger charge is 1.99. The number of anilines is 2. The summed E-state index contributed by atoms with van der Waals surface area (Å²) in [6.45, 7) is 1.97. The number of hydrogen-bond donors (Lipinski definition) is 1. The highest BCUT2D eigenvalue weighted by Crippen LogP contribution is 2.20. The highest BCUT2D eigenvalue weighted by atomic mass is 16.1. The van der Waals surface area contributed by atoms with Gasteiger partial charge in [0.25, 0.3) is 0 Å². The fourth-order valence-electron chi connectivity index (χ4n) is 1.15. The molecule has 0 saturated heterocycles. The van der Waals surface area contributed by atoms with Gasteiger partial charge in [0.05, 0.1) is 0 Å². The van der Waals surface area contributed by atoms with Crippen molar-refractivity contribution in [3.05, 3.63) is 23.8 Å². The standard InChI is InChI=1S/C10H14N2O/c1-8-6-9(12(2)3)4-5-10(8)11-7-13/h4-7H,1-3H3,(H,11,13). The lowest BCUT2D eigenvalue weighted by molar-refractivity contribution is -0.105. The van der Waals surface area contributed by atoms with E-state index in [2.05, 4.69) is 5.32 Å². The summed E-state index contributed by atoms with van der Waals surface area (Å²) in [5, 5.41) is 2.64. The zero-order valence-corrected chi connectivity index (χ0v) is 8.16. The Balaban J connectivity index is 2.98. The van der Waals surface area contributed by atoms with Gasteiger partial charge in [0.1, 0.15) is 0 Å². The number of nitrogens with zero attached hydrogens (tertiary/aromatic N) is 1. The van der Waals surface area contributed by atoms with Gasteiger partial charge in [0, 0.05) is 25.5 Å². The predicted octanol–water partition coefficient (Wildman–Crippen LogP) is 1.63. The molecule has 0 aromatic heterocycles. The van der Waals surface area contributed by atoms with E-state index >= 15 is 0 Å². The van der Waals surface area contributed by atoms with E-state index in [1.54, 1.807) is 0 Å². The Morgan fingerprint density at radius 3 is 2.54 bits per heavy atom. The molecule has 0 heterocycles. The maximum atomic E-state index is 10.2. The van der Waals surface area contributed by atoms with Crippen molar-refractivity contribution < 1.29 is 4.79 Å². The number of nitrogens with one attached hydrogen (secondary N) is 1. The van der Waals surface area contributed by atoms with Crippen LogP contribution in [-0.4, -0.2) is 20.5 Å². The van der Waals surface area contributed by atoms with E-state index in [0.29, 0.717) is 6.41 Å². The quantitative estimate of drug-likeness (QED) is 0.713. The lowest BCUT2D eigenvalue weighted by atomic mass is 10.1. The molecule has 3 heteroatoms. The number of rotatable bonds is 3. The molecule has 1 amide bonds. The van der Waals surface area contributed by atoms with Gasteiger partial charge < -0.3 is 10.2 Å². The molecule has 0 aliphatic heterocycles. The van der Waals surface area contributed by atoms with Crippen molar-refractivity contribution in [2.24, 2.45) is 0 Å². The number of benzene rings is 1. The first-order valence-electron chi connectivity index (χ1n) is 4.13. The third-order valence-electron chi connectivity index (χ3n) is 1.94. The van der Waals surface area contributed by atoms with E-state index in [9.17, 15) is 4.79 Å². The SMILES string of the molecule is Cc1cc(N(C)C)ccc1NC=O. The van der Waals surface area contributed by atoms with E-state index in [0.717, 1.165) is 16.9 Å². The van der Waals surface area contributed by atoms with Crippen molar-refractivity contribution in [1.82, 2.24) is 0 Å². The molecule has 0 spiro atoms. The fraction of sp³-hybridized carbons (Fsp3) is 0.300. The second-order valence-electron chi connectivity index (χ2n) is 3.16. The highest BCUT2D eigenvalue weighted by molar-refractivity contribution is 5.74. The van der Waals surface area contributed by atoms with E-state index in [-0.39, 0.29) is 0 Å². The van der Waals surface area contributed by atoms with Crippen LogP contribution in [0, 0.1) is 6.92 Å². The zero-order chi connectivity index (χ0) is 9.84. The zero-order valence-electron chi connectivity index (χ0n) is 8.16. The number of hydrogen-bond acceptors (Lipinski definition) is 2. The molecule has 1 N–H and O–H groups in total. The summed E-state index contributed by atoms with van der Waals surface area (Å²) < 4.78 is 0. The van der Waals surface area contributed by atoms with Crippen LogP contribution in [0.2, 0.25) is 0 Å². The van der Waals surface area contributed by atoms with Crippen LogP contribution in [0.4, 0.5) is 11.4 Å². The van der Waals surface area contributed by atoms with Gasteiger partial charge in [-0.1, -0.05) is 0 Å². The summed E-state index contributed by atoms with van der Waals surface area (Å²) in [6.07, 6.45) is 0.692. The topological polar surface area (TPSA) is 32.3 Å². The molecule has 0 bridgehead atoms. The summed E-state index contributed by atoms with van der Waals surface area (Å²) in [5.74, 6) is 0. The fourth-order valence-corrected chi connectivity index (χ4v) is 1.15. The second-order valence-corrected chi connectivity index (χ2v) is 3.16. The van der Waals surface area contributed by atoms with Gasteiger partial charge in [-0.25, -0.2) is 0 Å². The summed E-state index contributed by atoms with van der Waals surface area (Å²) >= 11 is 0. The summed E-state index contributed by atoms with van der Waals surface area (Å²) in [4.78, 5) is 12.2. The van der Waals surface area contributed by atoms with Gasteiger partial charge >= 0.3 is 0 Å². The molecular formula is C10H14N2O. The number of carbonyl (C=O) groups excluding carboxylic acids is 1. The molecule has 0 saturated carbocycles. The number of aryl methyl sites for hydroxylation is 1. The van der Waals surface area contributed by atoms with Crippen LogP contribution in [0.1, 0.15) is 5.56 Å². The van der Waals surface area contributed by atoms with E-state index in [1.807, 2.05) is 44.1 Å². The van der Waals surface area contributed by atoms with Gasteiger partial charge in [-0.15, -0.1) is 0 Å². The largest absolute Gasteiger partial charge is 0.378 e. The van der Waals surface area contributed by atoms with E-state index in [4.69, 9.17) is 0 Å². The Labute approximate surface area is 78.4 Å². The average molecular weight is 178 g/mol. The molecule has 1 aromatic carbocycles. The minimum absolute atomic E-state index is 0.692. The molecule has 0 aliphatic rings. The van der Waals surface area contributed by atoms with Gasteiger partial charge in [0.15, 0.2) is 0 Å². The van der Waals surface area contributed by atoms with Gasteiger partial charge in [0.2, 0.25) is 6.41 Å². The van der Waals surface area contributed by atoms with Crippen LogP contribution in [-0.2, 0) is 4.79 Å². The second kappa shape index (κ2) is 3.94. The molecule has 0 radical (unpaired) electrons. The van der Waals surface area contributed by atoms with Crippen LogP contribution in [0.25, 0.3) is 0 Å². The molecule has 1 rings (SSSR count). The normalized spacial score (nSPS) is 9.46. The van der Waals surface area contributed by atoms with Crippen molar-refractivity contribution in [3.8, 4) is 0 Å². The van der Waals surface area contributed by atoms with Crippen LogP contribution in [0.3, 0.4) is 0 Å². The Hall–Kier alpha value is -1.51. The third-order valence-corrected chi connectivity index (χ3v) is 1.94. The van der Waals surface area contributed by atoms with Crippen molar-refractivity contribution in [1.29, 1.82) is 0 Å². The Morgan fingerprint density at radius 1 is 1.38 bits per heavy atom. The molecule has 70 valence electrons. The first-order valence-corrected chi connectivity index (χ1v) is 4.13. The Morgan fingerprint density at radius 2 is 2.08 bits per heavy atom.